The van der Waals surface area contributed by atoms with Gasteiger partial charge in [-0.2, -0.15) is 5.10 Å². The van der Waals surface area contributed by atoms with Crippen LogP contribution in [-0.4, -0.2) is 32.5 Å². The maximum absolute atomic E-state index is 12.8. The number of rotatable bonds is 7. The third-order valence-corrected chi connectivity index (χ3v) is 4.22. The normalized spacial score (nSPS) is 10.5. The zero-order valence-corrected chi connectivity index (χ0v) is 15.4. The van der Waals surface area contributed by atoms with Crippen molar-refractivity contribution in [3.63, 3.8) is 0 Å². The van der Waals surface area contributed by atoms with Gasteiger partial charge in [-0.3, -0.25) is 14.3 Å². The Morgan fingerprint density at radius 3 is 2.50 bits per heavy atom. The van der Waals surface area contributed by atoms with Crippen LogP contribution >= 0.6 is 11.6 Å². The highest BCUT2D eigenvalue weighted by Gasteiger charge is 2.16. The van der Waals surface area contributed by atoms with Gasteiger partial charge >= 0.3 is 5.97 Å². The zero-order valence-electron chi connectivity index (χ0n) is 14.6. The number of ketones is 1. The van der Waals surface area contributed by atoms with E-state index in [9.17, 15) is 14.4 Å². The number of carbonyl (C=O) groups excluding carboxylic acids is 2. The Bertz CT molecular complexity index is 1030. The first-order valence-corrected chi connectivity index (χ1v) is 8.77. The van der Waals surface area contributed by atoms with E-state index in [-0.39, 0.29) is 30.2 Å². The summed E-state index contributed by atoms with van der Waals surface area (Å²) in [4.78, 5) is 35.9. The number of nitrogens with one attached hydrogen (secondary N) is 1. The SMILES string of the molecule is O=C(CCn1cc(C(=O)O)cn1)Nc1ccc(Cl)cc1C(=O)c1ccccc1. The maximum atomic E-state index is 12.8. The molecule has 0 unspecified atom stereocenters. The lowest BCUT2D eigenvalue weighted by molar-refractivity contribution is -0.116. The molecule has 0 radical (unpaired) electrons. The van der Waals surface area contributed by atoms with E-state index in [1.165, 1.54) is 23.1 Å². The molecule has 0 aliphatic heterocycles. The molecular formula is C20H16ClN3O4. The van der Waals surface area contributed by atoms with Crippen molar-refractivity contribution in [2.24, 2.45) is 0 Å². The van der Waals surface area contributed by atoms with Gasteiger partial charge in [-0.05, 0) is 18.2 Å². The van der Waals surface area contributed by atoms with Crippen molar-refractivity contribution in [3.8, 4) is 0 Å². The van der Waals surface area contributed by atoms with E-state index in [4.69, 9.17) is 16.7 Å². The number of carbonyl (C=O) groups is 3. The van der Waals surface area contributed by atoms with Gasteiger partial charge < -0.3 is 10.4 Å². The first-order chi connectivity index (χ1) is 13.4. The van der Waals surface area contributed by atoms with Crippen molar-refractivity contribution in [3.05, 3.63) is 82.6 Å². The number of benzene rings is 2. The van der Waals surface area contributed by atoms with Gasteiger partial charge in [-0.15, -0.1) is 0 Å². The van der Waals surface area contributed by atoms with E-state index in [1.54, 1.807) is 36.4 Å². The molecule has 1 heterocycles. The van der Waals surface area contributed by atoms with Crippen LogP contribution in [0.15, 0.2) is 60.9 Å². The van der Waals surface area contributed by atoms with Crippen molar-refractivity contribution >= 4 is 34.9 Å². The van der Waals surface area contributed by atoms with Gasteiger partial charge in [0.25, 0.3) is 0 Å². The standard InChI is InChI=1S/C20H16ClN3O4/c21-15-6-7-17(16(10-15)19(26)13-4-2-1-3-5-13)23-18(25)8-9-24-12-14(11-22-24)20(27)28/h1-7,10-12H,8-9H2,(H,23,25)(H,27,28). The minimum Gasteiger partial charge on any atom is -0.478 e. The third-order valence-electron chi connectivity index (χ3n) is 3.98. The fraction of sp³-hybridized carbons (Fsp3) is 0.100. The lowest BCUT2D eigenvalue weighted by Crippen LogP contribution is -2.17. The molecule has 8 heteroatoms. The van der Waals surface area contributed by atoms with E-state index in [2.05, 4.69) is 10.4 Å². The van der Waals surface area contributed by atoms with Crippen LogP contribution in [0.2, 0.25) is 5.02 Å². The summed E-state index contributed by atoms with van der Waals surface area (Å²) in [5, 5.41) is 15.9. The van der Waals surface area contributed by atoms with Crippen molar-refractivity contribution < 1.29 is 19.5 Å². The van der Waals surface area contributed by atoms with Crippen LogP contribution in [-0.2, 0) is 11.3 Å². The Labute approximate surface area is 165 Å². The fourth-order valence-electron chi connectivity index (χ4n) is 2.58. The molecule has 0 bridgehead atoms. The number of anilines is 1. The number of amides is 1. The summed E-state index contributed by atoms with van der Waals surface area (Å²) in [6.45, 7) is 0.203. The number of carboxylic acids is 1. The molecule has 3 rings (SSSR count). The highest BCUT2D eigenvalue weighted by Crippen LogP contribution is 2.24. The summed E-state index contributed by atoms with van der Waals surface area (Å²) in [6, 6.07) is 13.4. The first kappa shape index (κ1) is 19.3. The number of aryl methyl sites for hydroxylation is 1. The monoisotopic (exact) mass is 397 g/mol. The van der Waals surface area contributed by atoms with E-state index in [1.807, 2.05) is 6.07 Å². The number of halogens is 1. The molecule has 0 saturated carbocycles. The number of carboxylic acid groups (broad SMARTS) is 1. The molecule has 0 spiro atoms. The summed E-state index contributed by atoms with van der Waals surface area (Å²) in [5.41, 5.74) is 1.18. The summed E-state index contributed by atoms with van der Waals surface area (Å²) in [5.74, 6) is -1.67. The number of nitrogens with zero attached hydrogens (tertiary/aromatic N) is 2. The van der Waals surface area contributed by atoms with Gasteiger partial charge in [0.15, 0.2) is 5.78 Å². The predicted molar refractivity (Wildman–Crippen MR) is 104 cm³/mol. The number of aromatic carboxylic acids is 1. The second kappa shape index (κ2) is 8.49. The van der Waals surface area contributed by atoms with Crippen LogP contribution in [0.1, 0.15) is 32.7 Å². The minimum atomic E-state index is -1.08. The van der Waals surface area contributed by atoms with Gasteiger partial charge in [0, 0.05) is 35.3 Å². The smallest absolute Gasteiger partial charge is 0.338 e. The highest BCUT2D eigenvalue weighted by molar-refractivity contribution is 6.31. The molecule has 28 heavy (non-hydrogen) atoms. The maximum Gasteiger partial charge on any atom is 0.338 e. The average Bonchev–Trinajstić information content (AvgIpc) is 3.17. The van der Waals surface area contributed by atoms with Crippen LogP contribution in [0, 0.1) is 0 Å². The molecule has 0 aliphatic carbocycles. The quantitative estimate of drug-likeness (QED) is 0.594. The Balaban J connectivity index is 1.72. The summed E-state index contributed by atoms with van der Waals surface area (Å²) < 4.78 is 1.38. The van der Waals surface area contributed by atoms with Crippen molar-refractivity contribution in [2.45, 2.75) is 13.0 Å². The molecule has 0 saturated heterocycles. The summed E-state index contributed by atoms with van der Waals surface area (Å²) in [6.07, 6.45) is 2.63. The predicted octanol–water partition coefficient (Wildman–Crippen LogP) is 3.49. The van der Waals surface area contributed by atoms with E-state index in [0.717, 1.165) is 0 Å². The molecular weight excluding hydrogens is 382 g/mol. The van der Waals surface area contributed by atoms with Crippen molar-refractivity contribution in [1.29, 1.82) is 0 Å². The number of hydrogen-bond donors (Lipinski definition) is 2. The van der Waals surface area contributed by atoms with E-state index >= 15 is 0 Å². The second-order valence-corrected chi connectivity index (χ2v) is 6.42. The molecule has 0 aliphatic rings. The summed E-state index contributed by atoms with van der Waals surface area (Å²) in [7, 11) is 0. The second-order valence-electron chi connectivity index (χ2n) is 5.98. The van der Waals surface area contributed by atoms with Gasteiger partial charge in [0.1, 0.15) is 0 Å². The zero-order chi connectivity index (χ0) is 20.1. The van der Waals surface area contributed by atoms with Gasteiger partial charge in [-0.25, -0.2) is 4.79 Å². The van der Waals surface area contributed by atoms with Gasteiger partial charge in [-0.1, -0.05) is 41.9 Å². The molecule has 3 aromatic rings. The molecule has 0 atom stereocenters. The van der Waals surface area contributed by atoms with Crippen molar-refractivity contribution in [2.75, 3.05) is 5.32 Å². The van der Waals surface area contributed by atoms with Crippen LogP contribution in [0.25, 0.3) is 0 Å². The lowest BCUT2D eigenvalue weighted by Gasteiger charge is -2.11. The Morgan fingerprint density at radius 1 is 1.07 bits per heavy atom. The molecule has 142 valence electrons. The Morgan fingerprint density at radius 2 is 1.82 bits per heavy atom. The van der Waals surface area contributed by atoms with Gasteiger partial charge in [0.05, 0.1) is 17.4 Å². The fourth-order valence-corrected chi connectivity index (χ4v) is 2.76. The molecule has 7 nitrogen and oxygen atoms in total. The first-order valence-electron chi connectivity index (χ1n) is 8.39. The number of hydrogen-bond acceptors (Lipinski definition) is 4. The van der Waals surface area contributed by atoms with Crippen LogP contribution in [0.3, 0.4) is 0 Å². The number of aromatic nitrogens is 2. The van der Waals surface area contributed by atoms with Crippen LogP contribution in [0.5, 0.6) is 0 Å². The molecule has 0 fully saturated rings. The molecule has 1 amide bonds. The minimum absolute atomic E-state index is 0.0499. The lowest BCUT2D eigenvalue weighted by atomic mass is 10.0. The Kier molecular flexibility index (Phi) is 5.86. The third kappa shape index (κ3) is 4.63. The van der Waals surface area contributed by atoms with Crippen LogP contribution in [0.4, 0.5) is 5.69 Å². The Hall–Kier alpha value is -3.45. The van der Waals surface area contributed by atoms with Crippen LogP contribution < -0.4 is 5.32 Å². The average molecular weight is 398 g/mol. The summed E-state index contributed by atoms with van der Waals surface area (Å²) >= 11 is 6.03. The molecule has 2 aromatic carbocycles. The van der Waals surface area contributed by atoms with E-state index in [0.29, 0.717) is 21.8 Å². The molecule has 1 aromatic heterocycles. The van der Waals surface area contributed by atoms with Crippen molar-refractivity contribution in [1.82, 2.24) is 9.78 Å². The molecule has 2 N–H and O–H groups in total. The van der Waals surface area contributed by atoms with E-state index < -0.39 is 5.97 Å². The topological polar surface area (TPSA) is 101 Å². The van der Waals surface area contributed by atoms with Gasteiger partial charge in [0.2, 0.25) is 5.91 Å². The highest BCUT2D eigenvalue weighted by atomic mass is 35.5. The largest absolute Gasteiger partial charge is 0.478 e.